The van der Waals surface area contributed by atoms with Crippen LogP contribution in [0.15, 0.2) is 48.5 Å². The van der Waals surface area contributed by atoms with E-state index in [1.807, 2.05) is 18.2 Å². The Morgan fingerprint density at radius 3 is 2.37 bits per heavy atom. The molecular formula is C14H17BrN4. The number of hydrogen-bond donors (Lipinski definition) is 4. The van der Waals surface area contributed by atoms with Gasteiger partial charge in [0.15, 0.2) is 0 Å². The van der Waals surface area contributed by atoms with Gasteiger partial charge in [-0.2, -0.15) is 5.53 Å². The van der Waals surface area contributed by atoms with Crippen molar-refractivity contribution in [3.63, 3.8) is 0 Å². The maximum atomic E-state index is 6.04. The van der Waals surface area contributed by atoms with Gasteiger partial charge in [-0.3, -0.25) is 5.84 Å². The fraction of sp³-hybridized carbons (Fsp3) is 0.143. The lowest BCUT2D eigenvalue weighted by Gasteiger charge is -2.17. The number of hydrazine groups is 2. The fourth-order valence-corrected chi connectivity index (χ4v) is 2.35. The SMILES string of the molecule is NNNC(N)c1ccccc1-c1ccc(CBr)cc1. The van der Waals surface area contributed by atoms with Gasteiger partial charge in [0.05, 0.1) is 6.17 Å². The molecule has 0 bridgehead atoms. The van der Waals surface area contributed by atoms with E-state index in [-0.39, 0.29) is 6.17 Å². The van der Waals surface area contributed by atoms with Crippen LogP contribution in [-0.2, 0) is 5.33 Å². The number of hydrogen-bond acceptors (Lipinski definition) is 4. The minimum atomic E-state index is -0.364. The molecule has 0 aliphatic rings. The van der Waals surface area contributed by atoms with Gasteiger partial charge in [-0.25, -0.2) is 5.43 Å². The first-order valence-electron chi connectivity index (χ1n) is 5.97. The lowest BCUT2D eigenvalue weighted by atomic mass is 9.97. The van der Waals surface area contributed by atoms with Gasteiger partial charge in [0.25, 0.3) is 0 Å². The van der Waals surface area contributed by atoms with E-state index in [2.05, 4.69) is 57.2 Å². The van der Waals surface area contributed by atoms with Crippen LogP contribution in [0.2, 0.25) is 0 Å². The zero-order chi connectivity index (χ0) is 13.7. The summed E-state index contributed by atoms with van der Waals surface area (Å²) in [5, 5.41) is 0.854. The maximum Gasteiger partial charge on any atom is 0.0957 e. The van der Waals surface area contributed by atoms with Crippen LogP contribution in [0.3, 0.4) is 0 Å². The molecule has 0 aliphatic carbocycles. The summed E-state index contributed by atoms with van der Waals surface area (Å²) in [7, 11) is 0. The minimum Gasteiger partial charge on any atom is -0.311 e. The van der Waals surface area contributed by atoms with Crippen LogP contribution in [0.1, 0.15) is 17.3 Å². The zero-order valence-corrected chi connectivity index (χ0v) is 12.0. The smallest absolute Gasteiger partial charge is 0.0957 e. The lowest BCUT2D eigenvalue weighted by molar-refractivity contribution is 0.461. The largest absolute Gasteiger partial charge is 0.311 e. The molecule has 1 unspecified atom stereocenters. The molecule has 0 saturated heterocycles. The molecule has 2 rings (SSSR count). The Morgan fingerprint density at radius 2 is 1.74 bits per heavy atom. The Hall–Kier alpha value is -1.24. The van der Waals surface area contributed by atoms with Crippen molar-refractivity contribution < 1.29 is 0 Å². The van der Waals surface area contributed by atoms with Gasteiger partial charge in [-0.05, 0) is 22.3 Å². The van der Waals surface area contributed by atoms with Crippen LogP contribution in [0.25, 0.3) is 11.1 Å². The molecule has 0 fully saturated rings. The summed E-state index contributed by atoms with van der Waals surface area (Å²) in [5.41, 5.74) is 15.7. The summed E-state index contributed by atoms with van der Waals surface area (Å²) in [5.74, 6) is 5.25. The Bertz CT molecular complexity index is 527. The third-order valence-corrected chi connectivity index (χ3v) is 3.60. The normalized spacial score (nSPS) is 12.4. The van der Waals surface area contributed by atoms with E-state index in [0.29, 0.717) is 0 Å². The van der Waals surface area contributed by atoms with Gasteiger partial charge in [0.2, 0.25) is 0 Å². The summed E-state index contributed by atoms with van der Waals surface area (Å²) in [6, 6.07) is 16.4. The highest BCUT2D eigenvalue weighted by Gasteiger charge is 2.10. The van der Waals surface area contributed by atoms with Gasteiger partial charge in [-0.15, -0.1) is 0 Å². The van der Waals surface area contributed by atoms with Gasteiger partial charge in [0, 0.05) is 5.33 Å². The Labute approximate surface area is 121 Å². The van der Waals surface area contributed by atoms with E-state index in [0.717, 1.165) is 22.0 Å². The highest BCUT2D eigenvalue weighted by atomic mass is 79.9. The van der Waals surface area contributed by atoms with E-state index in [1.54, 1.807) is 0 Å². The topological polar surface area (TPSA) is 76.1 Å². The Kier molecular flexibility index (Phi) is 5.07. The molecule has 4 nitrogen and oxygen atoms in total. The second-order valence-electron chi connectivity index (χ2n) is 4.18. The Morgan fingerprint density at radius 1 is 1.05 bits per heavy atom. The van der Waals surface area contributed by atoms with Crippen molar-refractivity contribution in [1.29, 1.82) is 0 Å². The molecule has 0 amide bonds. The summed E-state index contributed by atoms with van der Waals surface area (Å²) >= 11 is 3.44. The van der Waals surface area contributed by atoms with Crippen molar-refractivity contribution in [1.82, 2.24) is 11.0 Å². The fourth-order valence-electron chi connectivity index (χ4n) is 1.97. The van der Waals surface area contributed by atoms with Gasteiger partial charge >= 0.3 is 0 Å². The van der Waals surface area contributed by atoms with Gasteiger partial charge in [-0.1, -0.05) is 64.5 Å². The highest BCUT2D eigenvalue weighted by molar-refractivity contribution is 9.08. The maximum absolute atomic E-state index is 6.04. The quantitative estimate of drug-likeness (QED) is 0.295. The van der Waals surface area contributed by atoms with Crippen molar-refractivity contribution in [2.24, 2.45) is 11.6 Å². The summed E-state index contributed by atoms with van der Waals surface area (Å²) in [6.07, 6.45) is -0.364. The molecule has 0 aromatic heterocycles. The molecule has 19 heavy (non-hydrogen) atoms. The predicted molar refractivity (Wildman–Crippen MR) is 81.9 cm³/mol. The van der Waals surface area contributed by atoms with E-state index in [9.17, 15) is 0 Å². The summed E-state index contributed by atoms with van der Waals surface area (Å²) < 4.78 is 0. The van der Waals surface area contributed by atoms with Crippen molar-refractivity contribution in [2.45, 2.75) is 11.5 Å². The zero-order valence-electron chi connectivity index (χ0n) is 10.4. The van der Waals surface area contributed by atoms with Crippen molar-refractivity contribution in [3.05, 3.63) is 59.7 Å². The third-order valence-electron chi connectivity index (χ3n) is 2.95. The first-order valence-corrected chi connectivity index (χ1v) is 7.09. The highest BCUT2D eigenvalue weighted by Crippen LogP contribution is 2.26. The van der Waals surface area contributed by atoms with Gasteiger partial charge in [0.1, 0.15) is 0 Å². The molecule has 1 atom stereocenters. The van der Waals surface area contributed by atoms with Crippen LogP contribution >= 0.6 is 15.9 Å². The predicted octanol–water partition coefficient (Wildman–Crippen LogP) is 2.17. The standard InChI is InChI=1S/C14H17BrN4/c15-9-10-5-7-11(8-6-10)12-3-1-2-4-13(12)14(16)18-19-17/h1-8,14,18-19H,9,16-17H2. The van der Waals surface area contributed by atoms with E-state index in [1.165, 1.54) is 5.56 Å². The second-order valence-corrected chi connectivity index (χ2v) is 4.74. The van der Waals surface area contributed by atoms with Crippen LogP contribution < -0.4 is 22.5 Å². The molecule has 0 heterocycles. The third kappa shape index (κ3) is 3.40. The molecule has 0 aliphatic heterocycles. The summed E-state index contributed by atoms with van der Waals surface area (Å²) in [4.78, 5) is 0. The number of nitrogens with two attached hydrogens (primary N) is 2. The lowest BCUT2D eigenvalue weighted by Crippen LogP contribution is -2.44. The molecule has 2 aromatic carbocycles. The van der Waals surface area contributed by atoms with E-state index >= 15 is 0 Å². The first-order chi connectivity index (χ1) is 9.26. The monoisotopic (exact) mass is 320 g/mol. The van der Waals surface area contributed by atoms with E-state index < -0.39 is 0 Å². The molecule has 0 spiro atoms. The van der Waals surface area contributed by atoms with E-state index in [4.69, 9.17) is 11.6 Å². The van der Waals surface area contributed by atoms with Crippen molar-refractivity contribution in [2.75, 3.05) is 0 Å². The molecule has 6 N–H and O–H groups in total. The molecule has 0 saturated carbocycles. The van der Waals surface area contributed by atoms with Gasteiger partial charge < -0.3 is 5.73 Å². The number of alkyl halides is 1. The Balaban J connectivity index is 2.37. The number of benzene rings is 2. The number of halogens is 1. The molecule has 2 aromatic rings. The molecule has 5 heteroatoms. The molecular weight excluding hydrogens is 304 g/mol. The summed E-state index contributed by atoms with van der Waals surface area (Å²) in [6.45, 7) is 0. The average Bonchev–Trinajstić information content (AvgIpc) is 2.47. The van der Waals surface area contributed by atoms with Crippen LogP contribution in [0.5, 0.6) is 0 Å². The minimum absolute atomic E-state index is 0.364. The van der Waals surface area contributed by atoms with Crippen LogP contribution in [0, 0.1) is 0 Å². The van der Waals surface area contributed by atoms with Crippen molar-refractivity contribution in [3.8, 4) is 11.1 Å². The number of nitrogens with one attached hydrogen (secondary N) is 2. The average molecular weight is 321 g/mol. The first kappa shape index (κ1) is 14.2. The second kappa shape index (κ2) is 6.79. The molecule has 100 valence electrons. The van der Waals surface area contributed by atoms with Crippen molar-refractivity contribution >= 4 is 15.9 Å². The number of rotatable bonds is 5. The molecule has 0 radical (unpaired) electrons. The van der Waals surface area contributed by atoms with Crippen LogP contribution in [0.4, 0.5) is 0 Å². The van der Waals surface area contributed by atoms with Crippen LogP contribution in [-0.4, -0.2) is 0 Å².